The van der Waals surface area contributed by atoms with E-state index in [2.05, 4.69) is 12.6 Å². The lowest BCUT2D eigenvalue weighted by atomic mass is 10.2. The predicted molar refractivity (Wildman–Crippen MR) is 48.0 cm³/mol. The van der Waals surface area contributed by atoms with Crippen LogP contribution < -0.4 is 0 Å². The fourth-order valence-electron chi connectivity index (χ4n) is 0.738. The van der Waals surface area contributed by atoms with Gasteiger partial charge in [0, 0.05) is 10.8 Å². The van der Waals surface area contributed by atoms with Crippen LogP contribution in [0.4, 0.5) is 0 Å². The highest BCUT2D eigenvalue weighted by Gasteiger charge is 1.93. The van der Waals surface area contributed by atoms with Gasteiger partial charge >= 0.3 is 0 Å². The van der Waals surface area contributed by atoms with E-state index in [-0.39, 0.29) is 0 Å². The first kappa shape index (κ1) is 7.96. The molecule has 0 nitrogen and oxygen atoms in total. The molecule has 0 amide bonds. The summed E-state index contributed by atoms with van der Waals surface area (Å²) in [6, 6.07) is 6.04. The molecule has 10 heavy (non-hydrogen) atoms. The summed E-state index contributed by atoms with van der Waals surface area (Å²) >= 11 is 9.88. The first-order chi connectivity index (χ1) is 4.74. The Kier molecular flexibility index (Phi) is 2.64. The highest BCUT2D eigenvalue weighted by atomic mass is 35.5. The van der Waals surface area contributed by atoms with Crippen LogP contribution in [0.25, 0.3) is 0 Å². The van der Waals surface area contributed by atoms with Crippen molar-refractivity contribution in [1.29, 1.82) is 0 Å². The van der Waals surface area contributed by atoms with Crippen LogP contribution >= 0.6 is 24.2 Å². The Morgan fingerprint density at radius 3 is 2.70 bits per heavy atom. The molecule has 0 aliphatic carbocycles. The standard InChI is InChI=1S/C8H9ClS/c1-6-2-3-7(5-9)4-8(6)10/h2-4,10H,5H2,1H3. The van der Waals surface area contributed by atoms with E-state index >= 15 is 0 Å². The number of thiol groups is 1. The Bertz CT molecular complexity index is 233. The Labute approximate surface area is 71.6 Å². The molecule has 0 aromatic heterocycles. The molecule has 54 valence electrons. The lowest BCUT2D eigenvalue weighted by Gasteiger charge is -1.99. The van der Waals surface area contributed by atoms with Crippen molar-refractivity contribution in [1.82, 2.24) is 0 Å². The summed E-state index contributed by atoms with van der Waals surface area (Å²) in [5.41, 5.74) is 2.31. The number of hydrogen-bond donors (Lipinski definition) is 1. The van der Waals surface area contributed by atoms with Gasteiger partial charge in [-0.3, -0.25) is 0 Å². The molecule has 0 N–H and O–H groups in total. The Morgan fingerprint density at radius 2 is 2.20 bits per heavy atom. The third-order valence-corrected chi connectivity index (χ3v) is 2.22. The van der Waals surface area contributed by atoms with Gasteiger partial charge in [-0.2, -0.15) is 0 Å². The molecule has 1 aromatic rings. The molecule has 0 unspecified atom stereocenters. The molecule has 0 radical (unpaired) electrons. The SMILES string of the molecule is Cc1ccc(CCl)cc1S. The van der Waals surface area contributed by atoms with Crippen LogP contribution in [0, 0.1) is 6.92 Å². The zero-order valence-electron chi connectivity index (χ0n) is 5.76. The maximum atomic E-state index is 5.62. The Morgan fingerprint density at radius 1 is 1.50 bits per heavy atom. The molecule has 0 saturated heterocycles. The van der Waals surface area contributed by atoms with Crippen molar-refractivity contribution in [2.24, 2.45) is 0 Å². The smallest absolute Gasteiger partial charge is 0.0474 e. The van der Waals surface area contributed by atoms with Crippen molar-refractivity contribution >= 4 is 24.2 Å². The maximum Gasteiger partial charge on any atom is 0.0474 e. The molecule has 2 heteroatoms. The lowest BCUT2D eigenvalue weighted by molar-refractivity contribution is 1.25. The van der Waals surface area contributed by atoms with E-state index < -0.39 is 0 Å². The average Bonchev–Trinajstić information content (AvgIpc) is 1.95. The molecular weight excluding hydrogens is 164 g/mol. The summed E-state index contributed by atoms with van der Waals surface area (Å²) in [5.74, 6) is 0.563. The van der Waals surface area contributed by atoms with Gasteiger partial charge in [0.2, 0.25) is 0 Å². The van der Waals surface area contributed by atoms with Crippen LogP contribution in [-0.4, -0.2) is 0 Å². The second kappa shape index (κ2) is 3.31. The normalized spacial score (nSPS) is 9.90. The van der Waals surface area contributed by atoms with Crippen LogP contribution in [0.3, 0.4) is 0 Å². The van der Waals surface area contributed by atoms with E-state index in [1.165, 1.54) is 5.56 Å². The topological polar surface area (TPSA) is 0 Å². The number of hydrogen-bond acceptors (Lipinski definition) is 1. The van der Waals surface area contributed by atoms with Gasteiger partial charge in [-0.05, 0) is 24.1 Å². The second-order valence-corrected chi connectivity index (χ2v) is 3.00. The molecule has 0 aliphatic rings. The first-order valence-electron chi connectivity index (χ1n) is 3.08. The molecule has 0 saturated carbocycles. The highest BCUT2D eigenvalue weighted by Crippen LogP contribution is 2.15. The number of halogens is 1. The molecule has 0 heterocycles. The van der Waals surface area contributed by atoms with Crippen molar-refractivity contribution in [3.63, 3.8) is 0 Å². The van der Waals surface area contributed by atoms with Gasteiger partial charge in [0.25, 0.3) is 0 Å². The zero-order chi connectivity index (χ0) is 7.56. The third-order valence-electron chi connectivity index (χ3n) is 1.43. The summed E-state index contributed by atoms with van der Waals surface area (Å²) in [6.07, 6.45) is 0. The fourth-order valence-corrected chi connectivity index (χ4v) is 1.14. The average molecular weight is 173 g/mol. The number of alkyl halides is 1. The van der Waals surface area contributed by atoms with Gasteiger partial charge in [-0.15, -0.1) is 24.2 Å². The van der Waals surface area contributed by atoms with Crippen LogP contribution in [-0.2, 0) is 5.88 Å². The minimum atomic E-state index is 0.563. The molecule has 0 aliphatic heterocycles. The summed E-state index contributed by atoms with van der Waals surface area (Å²) in [5, 5.41) is 0. The second-order valence-electron chi connectivity index (χ2n) is 2.25. The highest BCUT2D eigenvalue weighted by molar-refractivity contribution is 7.80. The fraction of sp³-hybridized carbons (Fsp3) is 0.250. The minimum Gasteiger partial charge on any atom is -0.143 e. The zero-order valence-corrected chi connectivity index (χ0v) is 7.41. The molecule has 0 bridgehead atoms. The Hall–Kier alpha value is -0.140. The monoisotopic (exact) mass is 172 g/mol. The van der Waals surface area contributed by atoms with E-state index in [1.807, 2.05) is 25.1 Å². The van der Waals surface area contributed by atoms with Crippen molar-refractivity contribution in [2.75, 3.05) is 0 Å². The van der Waals surface area contributed by atoms with Gasteiger partial charge in [0.05, 0.1) is 0 Å². The van der Waals surface area contributed by atoms with Crippen LogP contribution in [0.2, 0.25) is 0 Å². The third kappa shape index (κ3) is 1.68. The number of rotatable bonds is 1. The molecular formula is C8H9ClS. The quantitative estimate of drug-likeness (QED) is 0.489. The molecule has 1 aromatic carbocycles. The summed E-state index contributed by atoms with van der Waals surface area (Å²) in [4.78, 5) is 1.01. The number of aryl methyl sites for hydroxylation is 1. The van der Waals surface area contributed by atoms with Gasteiger partial charge in [-0.1, -0.05) is 12.1 Å². The van der Waals surface area contributed by atoms with Crippen molar-refractivity contribution in [2.45, 2.75) is 17.7 Å². The van der Waals surface area contributed by atoms with Gasteiger partial charge in [0.1, 0.15) is 0 Å². The maximum absolute atomic E-state index is 5.62. The van der Waals surface area contributed by atoms with Crippen molar-refractivity contribution < 1.29 is 0 Å². The summed E-state index contributed by atoms with van der Waals surface area (Å²) in [7, 11) is 0. The van der Waals surface area contributed by atoms with E-state index in [0.29, 0.717) is 5.88 Å². The first-order valence-corrected chi connectivity index (χ1v) is 4.06. The number of benzene rings is 1. The van der Waals surface area contributed by atoms with Gasteiger partial charge in [-0.25, -0.2) is 0 Å². The molecule has 0 fully saturated rings. The van der Waals surface area contributed by atoms with E-state index in [9.17, 15) is 0 Å². The van der Waals surface area contributed by atoms with Gasteiger partial charge < -0.3 is 0 Å². The Balaban J connectivity index is 3.04. The largest absolute Gasteiger partial charge is 0.143 e. The minimum absolute atomic E-state index is 0.563. The predicted octanol–water partition coefficient (Wildman–Crippen LogP) is 3.02. The molecule has 0 atom stereocenters. The summed E-state index contributed by atoms with van der Waals surface area (Å²) in [6.45, 7) is 2.03. The lowest BCUT2D eigenvalue weighted by Crippen LogP contribution is -1.80. The van der Waals surface area contributed by atoms with Gasteiger partial charge in [0.15, 0.2) is 0 Å². The molecule has 0 spiro atoms. The van der Waals surface area contributed by atoms with Crippen molar-refractivity contribution in [3.05, 3.63) is 29.3 Å². The summed E-state index contributed by atoms with van der Waals surface area (Å²) < 4.78 is 0. The van der Waals surface area contributed by atoms with E-state index in [1.54, 1.807) is 0 Å². The van der Waals surface area contributed by atoms with Crippen LogP contribution in [0.5, 0.6) is 0 Å². The molecule has 1 rings (SSSR count). The van der Waals surface area contributed by atoms with E-state index in [4.69, 9.17) is 11.6 Å². The van der Waals surface area contributed by atoms with E-state index in [0.717, 1.165) is 10.5 Å². The van der Waals surface area contributed by atoms with Crippen LogP contribution in [0.15, 0.2) is 23.1 Å². The van der Waals surface area contributed by atoms with Crippen LogP contribution in [0.1, 0.15) is 11.1 Å². The van der Waals surface area contributed by atoms with Crippen molar-refractivity contribution in [3.8, 4) is 0 Å².